The fourth-order valence-electron chi connectivity index (χ4n) is 4.49. The van der Waals surface area contributed by atoms with Crippen molar-refractivity contribution >= 4 is 28.6 Å². The first kappa shape index (κ1) is 20.5. The molecule has 2 aliphatic rings. The molecule has 162 valence electrons. The van der Waals surface area contributed by atoms with E-state index in [-0.39, 0.29) is 5.56 Å². The van der Waals surface area contributed by atoms with Crippen molar-refractivity contribution in [2.24, 2.45) is 0 Å². The smallest absolute Gasteiger partial charge is 0.267 e. The average molecular weight is 437 g/mol. The summed E-state index contributed by atoms with van der Waals surface area (Å²) >= 11 is 1.88. The molecule has 8 heteroatoms. The zero-order chi connectivity index (χ0) is 21.0. The average Bonchev–Trinajstić information content (AvgIpc) is 2.82. The third-order valence-corrected chi connectivity index (χ3v) is 7.23. The first-order chi connectivity index (χ1) is 15.3. The van der Waals surface area contributed by atoms with Gasteiger partial charge in [0.05, 0.1) is 29.5 Å². The highest BCUT2D eigenvalue weighted by Crippen LogP contribution is 2.21. The molecule has 2 aliphatic heterocycles. The minimum atomic E-state index is 0.0272. The summed E-state index contributed by atoms with van der Waals surface area (Å²) in [6.07, 6.45) is 6.36. The van der Waals surface area contributed by atoms with Gasteiger partial charge < -0.3 is 5.32 Å². The van der Waals surface area contributed by atoms with Gasteiger partial charge in [-0.05, 0) is 42.8 Å². The number of hydrogen-bond acceptors (Lipinski definition) is 7. The SMILES string of the molecule is O=c1cc2c(nn1CCN1CCCCC1CNc1cnc3ccccc3n1)CCSC2. The Labute approximate surface area is 186 Å². The van der Waals surface area contributed by atoms with Crippen LogP contribution in [0.2, 0.25) is 0 Å². The van der Waals surface area contributed by atoms with Crippen molar-refractivity contribution < 1.29 is 0 Å². The Morgan fingerprint density at radius 2 is 2.06 bits per heavy atom. The molecule has 1 saturated heterocycles. The van der Waals surface area contributed by atoms with Crippen LogP contribution in [0.3, 0.4) is 0 Å². The maximum Gasteiger partial charge on any atom is 0.267 e. The lowest BCUT2D eigenvalue weighted by Crippen LogP contribution is -2.45. The lowest BCUT2D eigenvalue weighted by molar-refractivity contribution is 0.148. The normalized spacial score (nSPS) is 19.3. The molecule has 0 amide bonds. The second kappa shape index (κ2) is 9.36. The van der Waals surface area contributed by atoms with Crippen molar-refractivity contribution in [2.45, 2.75) is 44.0 Å². The number of benzene rings is 1. The molecule has 5 rings (SSSR count). The summed E-state index contributed by atoms with van der Waals surface area (Å²) in [5.41, 5.74) is 4.07. The number of piperidine rings is 1. The summed E-state index contributed by atoms with van der Waals surface area (Å²) in [6, 6.07) is 10.1. The molecule has 1 fully saturated rings. The summed E-state index contributed by atoms with van der Waals surface area (Å²) < 4.78 is 1.67. The minimum absolute atomic E-state index is 0.0272. The second-order valence-electron chi connectivity index (χ2n) is 8.29. The van der Waals surface area contributed by atoms with E-state index in [4.69, 9.17) is 0 Å². The molecule has 0 spiro atoms. The summed E-state index contributed by atoms with van der Waals surface area (Å²) in [5, 5.41) is 8.16. The van der Waals surface area contributed by atoms with Gasteiger partial charge in [0.1, 0.15) is 5.82 Å². The molecule has 0 saturated carbocycles. The number of likely N-dealkylation sites (tertiary alicyclic amines) is 1. The van der Waals surface area contributed by atoms with Gasteiger partial charge in [-0.2, -0.15) is 16.9 Å². The van der Waals surface area contributed by atoms with E-state index < -0.39 is 0 Å². The molecule has 3 aromatic rings. The Morgan fingerprint density at radius 1 is 1.16 bits per heavy atom. The number of aromatic nitrogens is 4. The molecule has 1 N–H and O–H groups in total. The number of hydrogen-bond donors (Lipinski definition) is 1. The molecule has 1 atom stereocenters. The number of fused-ring (bicyclic) bond motifs is 2. The van der Waals surface area contributed by atoms with Crippen LogP contribution in [0.15, 0.2) is 41.3 Å². The predicted octanol–water partition coefficient (Wildman–Crippen LogP) is 2.94. The first-order valence-electron chi connectivity index (χ1n) is 11.1. The number of rotatable bonds is 6. The van der Waals surface area contributed by atoms with Gasteiger partial charge in [0.2, 0.25) is 0 Å². The molecule has 0 radical (unpaired) electrons. The van der Waals surface area contributed by atoms with Crippen molar-refractivity contribution in [1.29, 1.82) is 0 Å². The number of nitrogens with zero attached hydrogens (tertiary/aromatic N) is 5. The topological polar surface area (TPSA) is 75.9 Å². The van der Waals surface area contributed by atoms with Gasteiger partial charge in [0.15, 0.2) is 0 Å². The number of thioether (sulfide) groups is 1. The summed E-state index contributed by atoms with van der Waals surface area (Å²) in [5.74, 6) is 2.82. The van der Waals surface area contributed by atoms with Crippen LogP contribution in [-0.4, -0.2) is 56.1 Å². The molecule has 1 aromatic carbocycles. The molecule has 1 unspecified atom stereocenters. The molecule has 31 heavy (non-hydrogen) atoms. The van der Waals surface area contributed by atoms with Gasteiger partial charge in [0, 0.05) is 37.4 Å². The third kappa shape index (κ3) is 4.75. The predicted molar refractivity (Wildman–Crippen MR) is 126 cm³/mol. The summed E-state index contributed by atoms with van der Waals surface area (Å²) in [4.78, 5) is 24.2. The third-order valence-electron chi connectivity index (χ3n) is 6.22. The zero-order valence-corrected chi connectivity index (χ0v) is 18.5. The zero-order valence-electron chi connectivity index (χ0n) is 17.7. The summed E-state index contributed by atoms with van der Waals surface area (Å²) in [7, 11) is 0. The van der Waals surface area contributed by atoms with Crippen molar-refractivity contribution in [3.63, 3.8) is 0 Å². The lowest BCUT2D eigenvalue weighted by atomic mass is 10.0. The van der Waals surface area contributed by atoms with Crippen LogP contribution < -0.4 is 10.9 Å². The van der Waals surface area contributed by atoms with E-state index in [1.54, 1.807) is 10.7 Å². The van der Waals surface area contributed by atoms with Crippen LogP contribution >= 0.6 is 11.8 Å². The van der Waals surface area contributed by atoms with Gasteiger partial charge in [-0.3, -0.25) is 14.7 Å². The van der Waals surface area contributed by atoms with E-state index in [2.05, 4.69) is 25.3 Å². The Kier molecular flexibility index (Phi) is 6.18. The molecule has 7 nitrogen and oxygen atoms in total. The fraction of sp³-hybridized carbons (Fsp3) is 0.478. The van der Waals surface area contributed by atoms with Gasteiger partial charge in [-0.15, -0.1) is 0 Å². The molecule has 2 aromatic heterocycles. The largest absolute Gasteiger partial charge is 0.367 e. The van der Waals surface area contributed by atoms with Crippen LogP contribution in [0.25, 0.3) is 11.0 Å². The second-order valence-corrected chi connectivity index (χ2v) is 9.40. The molecule has 4 heterocycles. The van der Waals surface area contributed by atoms with Crippen LogP contribution in [0.1, 0.15) is 30.5 Å². The van der Waals surface area contributed by atoms with Gasteiger partial charge >= 0.3 is 0 Å². The van der Waals surface area contributed by atoms with Crippen LogP contribution in [0, 0.1) is 0 Å². The molecule has 0 aliphatic carbocycles. The van der Waals surface area contributed by atoms with Crippen molar-refractivity contribution in [2.75, 3.05) is 30.7 Å². The monoisotopic (exact) mass is 436 g/mol. The Bertz CT molecular complexity index is 1120. The van der Waals surface area contributed by atoms with Gasteiger partial charge in [0.25, 0.3) is 5.56 Å². The van der Waals surface area contributed by atoms with Crippen LogP contribution in [0.4, 0.5) is 5.82 Å². The summed E-state index contributed by atoms with van der Waals surface area (Å²) in [6.45, 7) is 3.38. The fourth-order valence-corrected chi connectivity index (χ4v) is 5.44. The van der Waals surface area contributed by atoms with Crippen molar-refractivity contribution in [3.05, 3.63) is 58.1 Å². The Balaban J connectivity index is 1.23. The maximum atomic E-state index is 12.5. The van der Waals surface area contributed by atoms with Crippen LogP contribution in [0.5, 0.6) is 0 Å². The highest BCUT2D eigenvalue weighted by molar-refractivity contribution is 7.98. The van der Waals surface area contributed by atoms with Crippen molar-refractivity contribution in [3.8, 4) is 0 Å². The van der Waals surface area contributed by atoms with E-state index in [9.17, 15) is 4.79 Å². The molecular formula is C23H28N6OS. The van der Waals surface area contributed by atoms with Crippen molar-refractivity contribution in [1.82, 2.24) is 24.6 Å². The molecule has 0 bridgehead atoms. The van der Waals surface area contributed by atoms with E-state index >= 15 is 0 Å². The number of nitrogens with one attached hydrogen (secondary N) is 1. The first-order valence-corrected chi connectivity index (χ1v) is 12.3. The standard InChI is InChI=1S/C23H28N6OS/c30-23-13-17-16-31-12-8-19(17)27-29(23)11-10-28-9-4-3-5-18(28)14-25-22-15-24-20-6-1-2-7-21(20)26-22/h1-2,6-7,13,15,18H,3-5,8-12,14,16H2,(H,25,26). The highest BCUT2D eigenvalue weighted by atomic mass is 32.2. The quantitative estimate of drug-likeness (QED) is 0.637. The van der Waals surface area contributed by atoms with Gasteiger partial charge in [-0.25, -0.2) is 9.67 Å². The number of para-hydroxylation sites is 2. The Hall–Kier alpha value is -2.45. The van der Waals surface area contributed by atoms with Gasteiger partial charge in [-0.1, -0.05) is 18.6 Å². The lowest BCUT2D eigenvalue weighted by Gasteiger charge is -2.36. The van der Waals surface area contributed by atoms with E-state index in [0.717, 1.165) is 72.1 Å². The molecular weight excluding hydrogens is 408 g/mol. The van der Waals surface area contributed by atoms with E-state index in [1.165, 1.54) is 12.8 Å². The van der Waals surface area contributed by atoms with E-state index in [1.807, 2.05) is 42.2 Å². The number of anilines is 1. The Morgan fingerprint density at radius 3 is 3.00 bits per heavy atom. The maximum absolute atomic E-state index is 12.5. The van der Waals surface area contributed by atoms with Crippen LogP contribution in [-0.2, 0) is 18.7 Å². The highest BCUT2D eigenvalue weighted by Gasteiger charge is 2.23. The minimum Gasteiger partial charge on any atom is -0.367 e. The van der Waals surface area contributed by atoms with E-state index in [0.29, 0.717) is 12.6 Å². The number of aryl methyl sites for hydroxylation is 1.